The van der Waals surface area contributed by atoms with Crippen LogP contribution < -0.4 is 11.3 Å². The summed E-state index contributed by atoms with van der Waals surface area (Å²) in [6.45, 7) is 0. The first-order chi connectivity index (χ1) is 7.29. The van der Waals surface area contributed by atoms with Crippen molar-refractivity contribution in [1.29, 1.82) is 0 Å². The van der Waals surface area contributed by atoms with Crippen LogP contribution in [0.3, 0.4) is 0 Å². The summed E-state index contributed by atoms with van der Waals surface area (Å²) in [6.07, 6.45) is 6.63. The summed E-state index contributed by atoms with van der Waals surface area (Å²) in [6, 6.07) is 4.30. The third kappa shape index (κ3) is 2.94. The van der Waals surface area contributed by atoms with Crippen molar-refractivity contribution in [2.45, 2.75) is 38.1 Å². The van der Waals surface area contributed by atoms with Gasteiger partial charge in [0.15, 0.2) is 0 Å². The van der Waals surface area contributed by atoms with Crippen LogP contribution in [0.4, 0.5) is 0 Å². The molecule has 1 heterocycles. The molecule has 1 aromatic rings. The minimum Gasteiger partial charge on any atom is -0.271 e. The van der Waals surface area contributed by atoms with E-state index < -0.39 is 0 Å². The molecule has 0 amide bonds. The predicted octanol–water partition coefficient (Wildman–Crippen LogP) is 3.49. The first kappa shape index (κ1) is 11.4. The maximum Gasteiger partial charge on any atom is 0.0931 e. The van der Waals surface area contributed by atoms with Crippen LogP contribution in [0.5, 0.6) is 0 Å². The van der Waals surface area contributed by atoms with E-state index in [4.69, 9.17) is 17.4 Å². The number of hydrogen-bond donors (Lipinski definition) is 2. The lowest BCUT2D eigenvalue weighted by Crippen LogP contribution is -2.28. The Morgan fingerprint density at radius 2 is 2.20 bits per heavy atom. The summed E-state index contributed by atoms with van der Waals surface area (Å²) in [4.78, 5) is 1.26. The smallest absolute Gasteiger partial charge is 0.0931 e. The average Bonchev–Trinajstić information content (AvgIpc) is 2.85. The molecule has 1 aliphatic rings. The van der Waals surface area contributed by atoms with E-state index >= 15 is 0 Å². The van der Waals surface area contributed by atoms with E-state index in [2.05, 4.69) is 11.5 Å². The standard InChI is InChI=1S/C11H17ClN2S/c12-11-6-5-10(15-11)9(14-13)7-8-3-1-2-4-8/h5-6,8-9,14H,1-4,7,13H2. The lowest BCUT2D eigenvalue weighted by atomic mass is 9.98. The number of nitrogens with one attached hydrogen (secondary N) is 1. The van der Waals surface area contributed by atoms with Gasteiger partial charge in [-0.1, -0.05) is 37.3 Å². The maximum absolute atomic E-state index is 5.93. The summed E-state index contributed by atoms with van der Waals surface area (Å²) in [5.41, 5.74) is 2.91. The Labute approximate surface area is 99.8 Å². The van der Waals surface area contributed by atoms with Crippen LogP contribution in [-0.2, 0) is 0 Å². The molecular weight excluding hydrogens is 228 g/mol. The summed E-state index contributed by atoms with van der Waals surface area (Å²) in [5, 5.41) is 0. The molecular formula is C11H17ClN2S. The van der Waals surface area contributed by atoms with Crippen molar-refractivity contribution in [2.24, 2.45) is 11.8 Å². The fourth-order valence-corrected chi connectivity index (χ4v) is 3.50. The highest BCUT2D eigenvalue weighted by molar-refractivity contribution is 7.16. The number of thiophene rings is 1. The molecule has 1 unspecified atom stereocenters. The van der Waals surface area contributed by atoms with E-state index in [1.165, 1.54) is 30.6 Å². The van der Waals surface area contributed by atoms with Crippen molar-refractivity contribution >= 4 is 22.9 Å². The zero-order chi connectivity index (χ0) is 10.7. The fourth-order valence-electron chi connectivity index (χ4n) is 2.36. The third-order valence-electron chi connectivity index (χ3n) is 3.18. The van der Waals surface area contributed by atoms with Crippen LogP contribution in [0.25, 0.3) is 0 Å². The quantitative estimate of drug-likeness (QED) is 0.629. The Morgan fingerprint density at radius 3 is 2.73 bits per heavy atom. The molecule has 15 heavy (non-hydrogen) atoms. The van der Waals surface area contributed by atoms with Crippen molar-refractivity contribution in [2.75, 3.05) is 0 Å². The lowest BCUT2D eigenvalue weighted by molar-refractivity contribution is 0.404. The van der Waals surface area contributed by atoms with Crippen LogP contribution in [-0.4, -0.2) is 0 Å². The summed E-state index contributed by atoms with van der Waals surface area (Å²) in [7, 11) is 0. The highest BCUT2D eigenvalue weighted by Gasteiger charge is 2.21. The van der Waals surface area contributed by atoms with Gasteiger partial charge in [0, 0.05) is 4.88 Å². The van der Waals surface area contributed by atoms with Crippen molar-refractivity contribution in [3.8, 4) is 0 Å². The van der Waals surface area contributed by atoms with Crippen LogP contribution in [0, 0.1) is 5.92 Å². The van der Waals surface area contributed by atoms with Crippen molar-refractivity contribution in [1.82, 2.24) is 5.43 Å². The molecule has 1 atom stereocenters. The summed E-state index contributed by atoms with van der Waals surface area (Å²) >= 11 is 7.55. The normalized spacial score (nSPS) is 19.6. The second kappa shape index (κ2) is 5.30. The molecule has 0 spiro atoms. The zero-order valence-electron chi connectivity index (χ0n) is 8.71. The molecule has 2 nitrogen and oxygen atoms in total. The highest BCUT2D eigenvalue weighted by atomic mass is 35.5. The molecule has 2 rings (SSSR count). The molecule has 1 aliphatic carbocycles. The number of rotatable bonds is 4. The van der Waals surface area contributed by atoms with Gasteiger partial charge in [0.25, 0.3) is 0 Å². The van der Waals surface area contributed by atoms with Crippen LogP contribution in [0.15, 0.2) is 12.1 Å². The van der Waals surface area contributed by atoms with Gasteiger partial charge in [-0.2, -0.15) is 0 Å². The van der Waals surface area contributed by atoms with Gasteiger partial charge < -0.3 is 0 Å². The molecule has 0 aromatic carbocycles. The van der Waals surface area contributed by atoms with Crippen molar-refractivity contribution < 1.29 is 0 Å². The molecule has 0 bridgehead atoms. The number of halogens is 1. The average molecular weight is 245 g/mol. The Morgan fingerprint density at radius 1 is 1.47 bits per heavy atom. The zero-order valence-corrected chi connectivity index (χ0v) is 10.3. The van der Waals surface area contributed by atoms with Crippen LogP contribution >= 0.6 is 22.9 Å². The topological polar surface area (TPSA) is 38.0 Å². The van der Waals surface area contributed by atoms with E-state index in [1.54, 1.807) is 11.3 Å². The monoisotopic (exact) mass is 244 g/mol. The van der Waals surface area contributed by atoms with E-state index in [9.17, 15) is 0 Å². The van der Waals surface area contributed by atoms with Gasteiger partial charge in [0.05, 0.1) is 10.4 Å². The van der Waals surface area contributed by atoms with Gasteiger partial charge in [-0.15, -0.1) is 11.3 Å². The molecule has 3 N–H and O–H groups in total. The van der Waals surface area contributed by atoms with E-state index in [1.807, 2.05) is 6.07 Å². The largest absolute Gasteiger partial charge is 0.271 e. The molecule has 1 fully saturated rings. The van der Waals surface area contributed by atoms with E-state index in [0.29, 0.717) is 0 Å². The van der Waals surface area contributed by atoms with Gasteiger partial charge in [-0.25, -0.2) is 0 Å². The highest BCUT2D eigenvalue weighted by Crippen LogP contribution is 2.35. The first-order valence-electron chi connectivity index (χ1n) is 5.51. The molecule has 0 radical (unpaired) electrons. The van der Waals surface area contributed by atoms with E-state index in [-0.39, 0.29) is 6.04 Å². The SMILES string of the molecule is NNC(CC1CCCC1)c1ccc(Cl)s1. The lowest BCUT2D eigenvalue weighted by Gasteiger charge is -2.18. The Bertz CT molecular complexity index is 307. The molecule has 0 aliphatic heterocycles. The van der Waals surface area contributed by atoms with Gasteiger partial charge in [0.2, 0.25) is 0 Å². The van der Waals surface area contributed by atoms with Gasteiger partial charge in [-0.3, -0.25) is 11.3 Å². The van der Waals surface area contributed by atoms with Crippen LogP contribution in [0.1, 0.15) is 43.0 Å². The second-order valence-electron chi connectivity index (χ2n) is 4.25. The molecule has 84 valence electrons. The van der Waals surface area contributed by atoms with E-state index in [0.717, 1.165) is 16.7 Å². The molecule has 0 saturated heterocycles. The summed E-state index contributed by atoms with van der Waals surface area (Å²) in [5.74, 6) is 6.45. The second-order valence-corrected chi connectivity index (χ2v) is 5.99. The molecule has 4 heteroatoms. The fraction of sp³-hybridized carbons (Fsp3) is 0.636. The Hall–Kier alpha value is -0.0900. The van der Waals surface area contributed by atoms with Crippen molar-refractivity contribution in [3.63, 3.8) is 0 Å². The first-order valence-corrected chi connectivity index (χ1v) is 6.70. The number of nitrogens with two attached hydrogens (primary N) is 1. The third-order valence-corrected chi connectivity index (χ3v) is 4.53. The van der Waals surface area contributed by atoms with Gasteiger partial charge >= 0.3 is 0 Å². The van der Waals surface area contributed by atoms with Crippen LogP contribution in [0.2, 0.25) is 4.34 Å². The minimum atomic E-state index is 0.283. The Kier molecular flexibility index (Phi) is 4.03. The van der Waals surface area contributed by atoms with Gasteiger partial charge in [0.1, 0.15) is 0 Å². The minimum absolute atomic E-state index is 0.283. The van der Waals surface area contributed by atoms with Crippen molar-refractivity contribution in [3.05, 3.63) is 21.3 Å². The summed E-state index contributed by atoms with van der Waals surface area (Å²) < 4.78 is 0.844. The molecule has 1 saturated carbocycles. The predicted molar refractivity (Wildman–Crippen MR) is 66.0 cm³/mol. The number of hydrazine groups is 1. The molecule has 1 aromatic heterocycles. The van der Waals surface area contributed by atoms with Gasteiger partial charge in [-0.05, 0) is 24.5 Å². The number of hydrogen-bond acceptors (Lipinski definition) is 3. The Balaban J connectivity index is 1.97. The maximum atomic E-state index is 5.93.